The lowest BCUT2D eigenvalue weighted by atomic mass is 9.97. The molecule has 1 N–H and O–H groups in total. The quantitative estimate of drug-likeness (QED) is 0.765. The Morgan fingerprint density at radius 3 is 2.76 bits per heavy atom. The van der Waals surface area contributed by atoms with E-state index in [-0.39, 0.29) is 11.8 Å². The SMILES string of the molecule is O=C(NCCC1=CCCCC1)c1cc2n(n1)CCCN(Cc1ccccc1)C2=O. The third-order valence-corrected chi connectivity index (χ3v) is 5.65. The van der Waals surface area contributed by atoms with Crippen LogP contribution in [0.15, 0.2) is 48.0 Å². The Labute approximate surface area is 171 Å². The van der Waals surface area contributed by atoms with Gasteiger partial charge in [0.25, 0.3) is 11.8 Å². The Morgan fingerprint density at radius 1 is 1.10 bits per heavy atom. The van der Waals surface area contributed by atoms with Gasteiger partial charge in [-0.25, -0.2) is 0 Å². The van der Waals surface area contributed by atoms with E-state index in [1.165, 1.54) is 18.4 Å². The predicted octanol–water partition coefficient (Wildman–Crippen LogP) is 3.55. The molecule has 2 aromatic rings. The Kier molecular flexibility index (Phi) is 6.08. The summed E-state index contributed by atoms with van der Waals surface area (Å²) in [5, 5.41) is 7.37. The number of rotatable bonds is 6. The summed E-state index contributed by atoms with van der Waals surface area (Å²) in [4.78, 5) is 27.4. The second-order valence-corrected chi connectivity index (χ2v) is 7.82. The molecular formula is C23H28N4O2. The molecule has 0 radical (unpaired) electrons. The lowest BCUT2D eigenvalue weighted by Crippen LogP contribution is -2.30. The number of nitrogens with one attached hydrogen (secondary N) is 1. The maximum atomic E-state index is 13.0. The highest BCUT2D eigenvalue weighted by molar-refractivity contribution is 5.98. The van der Waals surface area contributed by atoms with Crippen molar-refractivity contribution in [1.29, 1.82) is 0 Å². The number of allylic oxidation sites excluding steroid dienone is 1. The minimum atomic E-state index is -0.204. The second-order valence-electron chi connectivity index (χ2n) is 7.82. The largest absolute Gasteiger partial charge is 0.350 e. The fourth-order valence-electron chi connectivity index (χ4n) is 4.06. The van der Waals surface area contributed by atoms with Crippen molar-refractivity contribution in [3.63, 3.8) is 0 Å². The van der Waals surface area contributed by atoms with Gasteiger partial charge in [0.15, 0.2) is 5.69 Å². The number of nitrogens with zero attached hydrogens (tertiary/aromatic N) is 3. The van der Waals surface area contributed by atoms with Crippen molar-refractivity contribution in [2.45, 2.75) is 51.6 Å². The molecule has 1 aromatic carbocycles. The molecule has 0 unspecified atom stereocenters. The Hall–Kier alpha value is -2.89. The number of aryl methyl sites for hydroxylation is 1. The van der Waals surface area contributed by atoms with Crippen molar-refractivity contribution in [3.8, 4) is 0 Å². The summed E-state index contributed by atoms with van der Waals surface area (Å²) in [6.45, 7) is 2.52. The van der Waals surface area contributed by atoms with Gasteiger partial charge in [-0.15, -0.1) is 0 Å². The lowest BCUT2D eigenvalue weighted by Gasteiger charge is -2.20. The van der Waals surface area contributed by atoms with Gasteiger partial charge < -0.3 is 10.2 Å². The molecule has 4 rings (SSSR count). The van der Waals surface area contributed by atoms with Crippen LogP contribution >= 0.6 is 0 Å². The van der Waals surface area contributed by atoms with E-state index in [0.29, 0.717) is 37.6 Å². The molecule has 152 valence electrons. The van der Waals surface area contributed by atoms with Crippen molar-refractivity contribution in [1.82, 2.24) is 20.0 Å². The second kappa shape index (κ2) is 9.07. The van der Waals surface area contributed by atoms with Gasteiger partial charge in [0.05, 0.1) is 0 Å². The monoisotopic (exact) mass is 392 g/mol. The van der Waals surface area contributed by atoms with Gasteiger partial charge in [0, 0.05) is 32.2 Å². The fraction of sp³-hybridized carbons (Fsp3) is 0.435. The molecule has 6 nitrogen and oxygen atoms in total. The topological polar surface area (TPSA) is 67.2 Å². The van der Waals surface area contributed by atoms with Crippen molar-refractivity contribution in [3.05, 3.63) is 65.0 Å². The predicted molar refractivity (Wildman–Crippen MR) is 112 cm³/mol. The third-order valence-electron chi connectivity index (χ3n) is 5.65. The van der Waals surface area contributed by atoms with E-state index in [1.807, 2.05) is 35.2 Å². The highest BCUT2D eigenvalue weighted by Crippen LogP contribution is 2.20. The molecule has 2 aliphatic rings. The first kappa shape index (κ1) is 19.4. The maximum Gasteiger partial charge on any atom is 0.272 e. The summed E-state index contributed by atoms with van der Waals surface area (Å²) in [6.07, 6.45) is 8.82. The van der Waals surface area contributed by atoms with Crippen molar-refractivity contribution < 1.29 is 9.59 Å². The first-order chi connectivity index (χ1) is 14.2. The van der Waals surface area contributed by atoms with Crippen LogP contribution in [-0.4, -0.2) is 39.6 Å². The number of hydrogen-bond donors (Lipinski definition) is 1. The van der Waals surface area contributed by atoms with Gasteiger partial charge in [-0.2, -0.15) is 5.10 Å². The van der Waals surface area contributed by atoms with Crippen LogP contribution in [0.25, 0.3) is 0 Å². The molecule has 2 heterocycles. The number of fused-ring (bicyclic) bond motifs is 1. The van der Waals surface area contributed by atoms with Crippen LogP contribution < -0.4 is 5.32 Å². The standard InChI is InChI=1S/C23H28N4O2/c28-22(24-13-12-18-8-3-1-4-9-18)20-16-21-23(29)26(14-7-15-27(21)25-20)17-19-10-5-2-6-11-19/h2,5-6,8,10-11,16H,1,3-4,7,9,12-15,17H2,(H,24,28). The number of amides is 2. The molecule has 29 heavy (non-hydrogen) atoms. The number of carbonyl (C=O) groups excluding carboxylic acids is 2. The molecule has 2 amide bonds. The Bertz CT molecular complexity index is 901. The van der Waals surface area contributed by atoms with Gasteiger partial charge in [0.2, 0.25) is 0 Å². The van der Waals surface area contributed by atoms with Crippen LogP contribution in [0.5, 0.6) is 0 Å². The van der Waals surface area contributed by atoms with Crippen LogP contribution in [0.4, 0.5) is 0 Å². The van der Waals surface area contributed by atoms with E-state index in [1.54, 1.807) is 10.7 Å². The zero-order valence-electron chi connectivity index (χ0n) is 16.8. The van der Waals surface area contributed by atoms with E-state index in [9.17, 15) is 9.59 Å². The first-order valence-corrected chi connectivity index (χ1v) is 10.6. The molecule has 1 aliphatic heterocycles. The number of carbonyl (C=O) groups is 2. The molecule has 1 aliphatic carbocycles. The highest BCUT2D eigenvalue weighted by Gasteiger charge is 2.26. The summed E-state index contributed by atoms with van der Waals surface area (Å²) >= 11 is 0. The summed E-state index contributed by atoms with van der Waals surface area (Å²) in [5.41, 5.74) is 3.36. The zero-order valence-corrected chi connectivity index (χ0v) is 16.8. The molecular weight excluding hydrogens is 364 g/mol. The van der Waals surface area contributed by atoms with Crippen LogP contribution in [0.1, 0.15) is 65.1 Å². The molecule has 0 bridgehead atoms. The molecule has 0 fully saturated rings. The van der Waals surface area contributed by atoms with Crippen LogP contribution in [0, 0.1) is 0 Å². The lowest BCUT2D eigenvalue weighted by molar-refractivity contribution is 0.0745. The van der Waals surface area contributed by atoms with Gasteiger partial charge in [-0.3, -0.25) is 14.3 Å². The first-order valence-electron chi connectivity index (χ1n) is 10.6. The van der Waals surface area contributed by atoms with Crippen LogP contribution in [-0.2, 0) is 13.1 Å². The van der Waals surface area contributed by atoms with Gasteiger partial charge >= 0.3 is 0 Å². The fourth-order valence-corrected chi connectivity index (χ4v) is 4.06. The number of hydrogen-bond acceptors (Lipinski definition) is 3. The summed E-state index contributed by atoms with van der Waals surface area (Å²) in [6, 6.07) is 11.6. The summed E-state index contributed by atoms with van der Waals surface area (Å²) in [5.74, 6) is -0.269. The van der Waals surface area contributed by atoms with Crippen LogP contribution in [0.3, 0.4) is 0 Å². The van der Waals surface area contributed by atoms with E-state index in [4.69, 9.17) is 0 Å². The average molecular weight is 393 g/mol. The maximum absolute atomic E-state index is 13.0. The molecule has 0 spiro atoms. The smallest absolute Gasteiger partial charge is 0.272 e. The number of aromatic nitrogens is 2. The van der Waals surface area contributed by atoms with Gasteiger partial charge in [0.1, 0.15) is 5.69 Å². The molecule has 0 saturated carbocycles. The van der Waals surface area contributed by atoms with E-state index < -0.39 is 0 Å². The van der Waals surface area contributed by atoms with E-state index in [2.05, 4.69) is 16.5 Å². The molecule has 0 saturated heterocycles. The third kappa shape index (κ3) is 4.75. The average Bonchev–Trinajstić information content (AvgIpc) is 3.12. The van der Waals surface area contributed by atoms with Crippen LogP contribution in [0.2, 0.25) is 0 Å². The Morgan fingerprint density at radius 2 is 1.97 bits per heavy atom. The van der Waals surface area contributed by atoms with Crippen molar-refractivity contribution in [2.75, 3.05) is 13.1 Å². The number of benzene rings is 1. The van der Waals surface area contributed by atoms with E-state index >= 15 is 0 Å². The minimum absolute atomic E-state index is 0.0646. The normalized spacial score (nSPS) is 16.8. The molecule has 0 atom stereocenters. The van der Waals surface area contributed by atoms with Gasteiger partial charge in [-0.1, -0.05) is 42.0 Å². The Balaban J connectivity index is 1.39. The van der Waals surface area contributed by atoms with Crippen molar-refractivity contribution in [2.24, 2.45) is 0 Å². The summed E-state index contributed by atoms with van der Waals surface area (Å²) < 4.78 is 1.69. The van der Waals surface area contributed by atoms with Crippen molar-refractivity contribution >= 4 is 11.8 Å². The highest BCUT2D eigenvalue weighted by atomic mass is 16.2. The molecule has 1 aromatic heterocycles. The van der Waals surface area contributed by atoms with E-state index in [0.717, 1.165) is 31.2 Å². The molecule has 6 heteroatoms. The summed E-state index contributed by atoms with van der Waals surface area (Å²) in [7, 11) is 0. The minimum Gasteiger partial charge on any atom is -0.350 e. The van der Waals surface area contributed by atoms with Gasteiger partial charge in [-0.05, 0) is 44.1 Å². The zero-order chi connectivity index (χ0) is 20.1.